The van der Waals surface area contributed by atoms with Gasteiger partial charge in [0.2, 0.25) is 5.91 Å². The van der Waals surface area contributed by atoms with Crippen LogP contribution in [0.3, 0.4) is 0 Å². The second-order valence-corrected chi connectivity index (χ2v) is 7.32. The molecule has 1 aliphatic rings. The van der Waals surface area contributed by atoms with E-state index < -0.39 is 0 Å². The minimum atomic E-state index is 0.145. The largest absolute Gasteiger partial charge is 0.355 e. The predicted molar refractivity (Wildman–Crippen MR) is 95.8 cm³/mol. The van der Waals surface area contributed by atoms with Crippen molar-refractivity contribution < 1.29 is 4.79 Å². The Morgan fingerprint density at radius 2 is 2.26 bits per heavy atom. The molecule has 1 atom stereocenters. The Balaban J connectivity index is 1.45. The number of thiazole rings is 1. The van der Waals surface area contributed by atoms with E-state index in [-0.39, 0.29) is 5.91 Å². The van der Waals surface area contributed by atoms with E-state index >= 15 is 0 Å². The first-order valence-corrected chi connectivity index (χ1v) is 9.43. The molecule has 1 amide bonds. The smallest absolute Gasteiger partial charge is 0.234 e. The van der Waals surface area contributed by atoms with Crippen LogP contribution in [0.2, 0.25) is 0 Å². The number of amides is 1. The fourth-order valence-corrected chi connectivity index (χ4v) is 4.27. The van der Waals surface area contributed by atoms with E-state index in [4.69, 9.17) is 0 Å². The minimum absolute atomic E-state index is 0.145. The second kappa shape index (κ2) is 7.88. The summed E-state index contributed by atoms with van der Waals surface area (Å²) in [6.07, 6.45) is 5.69. The molecule has 0 bridgehead atoms. The number of rotatable bonds is 6. The van der Waals surface area contributed by atoms with Crippen molar-refractivity contribution in [2.24, 2.45) is 0 Å². The molecular weight excluding hydrogens is 306 g/mol. The van der Waals surface area contributed by atoms with Crippen LogP contribution >= 0.6 is 11.3 Å². The lowest BCUT2D eigenvalue weighted by molar-refractivity contribution is -0.123. The highest BCUT2D eigenvalue weighted by Gasteiger charge is 2.22. The Kier molecular flexibility index (Phi) is 5.62. The van der Waals surface area contributed by atoms with Crippen molar-refractivity contribution in [3.63, 3.8) is 0 Å². The lowest BCUT2D eigenvalue weighted by Crippen LogP contribution is -2.45. The predicted octanol–water partition coefficient (Wildman–Crippen LogP) is 3.22. The van der Waals surface area contributed by atoms with Crippen LogP contribution in [0.1, 0.15) is 37.6 Å². The number of piperidine rings is 1. The first-order chi connectivity index (χ1) is 11.3. The summed E-state index contributed by atoms with van der Waals surface area (Å²) in [5.74, 6) is 0.145. The molecule has 0 saturated carbocycles. The Bertz CT molecular complexity index is 622. The first-order valence-electron chi connectivity index (χ1n) is 8.61. The van der Waals surface area contributed by atoms with Crippen molar-refractivity contribution in [2.75, 3.05) is 19.6 Å². The zero-order chi connectivity index (χ0) is 16.1. The van der Waals surface area contributed by atoms with Crippen LogP contribution in [0.5, 0.6) is 0 Å². The summed E-state index contributed by atoms with van der Waals surface area (Å²) in [5, 5.41) is 4.15. The van der Waals surface area contributed by atoms with Crippen molar-refractivity contribution in [1.29, 1.82) is 0 Å². The van der Waals surface area contributed by atoms with Gasteiger partial charge in [-0.2, -0.15) is 0 Å². The summed E-state index contributed by atoms with van der Waals surface area (Å²) in [7, 11) is 0. The van der Waals surface area contributed by atoms with E-state index in [0.29, 0.717) is 19.1 Å². The number of likely N-dealkylation sites (tertiary alicyclic amines) is 1. The molecule has 1 unspecified atom stereocenters. The molecule has 2 aromatic rings. The number of carbonyl (C=O) groups is 1. The topological polar surface area (TPSA) is 45.2 Å². The van der Waals surface area contributed by atoms with Gasteiger partial charge in [-0.1, -0.05) is 25.5 Å². The van der Waals surface area contributed by atoms with Crippen molar-refractivity contribution in [3.05, 3.63) is 29.3 Å². The van der Waals surface area contributed by atoms with Crippen LogP contribution in [-0.4, -0.2) is 41.5 Å². The van der Waals surface area contributed by atoms with Gasteiger partial charge in [0.25, 0.3) is 0 Å². The summed E-state index contributed by atoms with van der Waals surface area (Å²) in [6, 6.07) is 8.76. The number of fused-ring (bicyclic) bond motifs is 1. The molecule has 2 heterocycles. The molecule has 1 aliphatic heterocycles. The zero-order valence-electron chi connectivity index (χ0n) is 13.8. The van der Waals surface area contributed by atoms with Crippen molar-refractivity contribution in [1.82, 2.24) is 15.2 Å². The lowest BCUT2D eigenvalue weighted by Gasteiger charge is -2.34. The molecular formula is C18H25N3OS. The van der Waals surface area contributed by atoms with Crippen LogP contribution in [0.25, 0.3) is 10.2 Å². The van der Waals surface area contributed by atoms with Gasteiger partial charge < -0.3 is 5.32 Å². The summed E-state index contributed by atoms with van der Waals surface area (Å²) in [4.78, 5) is 19.1. The number of hydrogen-bond donors (Lipinski definition) is 1. The third-order valence-electron chi connectivity index (χ3n) is 4.57. The maximum Gasteiger partial charge on any atom is 0.234 e. The summed E-state index contributed by atoms with van der Waals surface area (Å²) in [5.41, 5.74) is 1.05. The SMILES string of the molecule is CCC1CCCCN1CC(=O)NCCc1nc2ccccc2s1. The molecule has 5 heteroatoms. The van der Waals surface area contributed by atoms with E-state index in [1.165, 1.54) is 24.0 Å². The van der Waals surface area contributed by atoms with Gasteiger partial charge >= 0.3 is 0 Å². The molecule has 0 radical (unpaired) electrons. The van der Waals surface area contributed by atoms with Gasteiger partial charge in [0.1, 0.15) is 0 Å². The number of carbonyl (C=O) groups excluding carboxylic acids is 1. The van der Waals surface area contributed by atoms with Crippen LogP contribution in [0.15, 0.2) is 24.3 Å². The molecule has 1 N–H and O–H groups in total. The number of nitrogens with zero attached hydrogens (tertiary/aromatic N) is 2. The van der Waals surface area contributed by atoms with E-state index in [1.807, 2.05) is 18.2 Å². The molecule has 23 heavy (non-hydrogen) atoms. The maximum absolute atomic E-state index is 12.2. The third kappa shape index (κ3) is 4.30. The maximum atomic E-state index is 12.2. The number of benzene rings is 1. The van der Waals surface area contributed by atoms with Crippen LogP contribution in [0.4, 0.5) is 0 Å². The molecule has 1 saturated heterocycles. The van der Waals surface area contributed by atoms with Gasteiger partial charge in [0, 0.05) is 19.0 Å². The molecule has 3 rings (SSSR count). The molecule has 124 valence electrons. The van der Waals surface area contributed by atoms with Gasteiger partial charge in [-0.15, -0.1) is 11.3 Å². The highest BCUT2D eigenvalue weighted by molar-refractivity contribution is 7.18. The van der Waals surface area contributed by atoms with E-state index in [1.54, 1.807) is 11.3 Å². The van der Waals surface area contributed by atoms with Gasteiger partial charge in [0.15, 0.2) is 0 Å². The van der Waals surface area contributed by atoms with Crippen LogP contribution in [-0.2, 0) is 11.2 Å². The second-order valence-electron chi connectivity index (χ2n) is 6.20. The Hall–Kier alpha value is -1.46. The summed E-state index contributed by atoms with van der Waals surface area (Å²) in [6.45, 7) is 4.49. The highest BCUT2D eigenvalue weighted by atomic mass is 32.1. The molecule has 1 aromatic carbocycles. The Morgan fingerprint density at radius 3 is 3.09 bits per heavy atom. The fraction of sp³-hybridized carbons (Fsp3) is 0.556. The monoisotopic (exact) mass is 331 g/mol. The van der Waals surface area contributed by atoms with Gasteiger partial charge in [-0.05, 0) is 37.9 Å². The quantitative estimate of drug-likeness (QED) is 0.884. The van der Waals surface area contributed by atoms with Crippen LogP contribution < -0.4 is 5.32 Å². The fourth-order valence-electron chi connectivity index (χ4n) is 3.31. The standard InChI is InChI=1S/C18H25N3OS/c1-2-14-7-5-6-12-21(14)13-17(22)19-11-10-18-20-15-8-3-4-9-16(15)23-18/h3-4,8-9,14H,2,5-7,10-13H2,1H3,(H,19,22). The van der Waals surface area contributed by atoms with Crippen molar-refractivity contribution >= 4 is 27.5 Å². The number of hydrogen-bond acceptors (Lipinski definition) is 4. The van der Waals surface area contributed by atoms with E-state index in [9.17, 15) is 4.79 Å². The van der Waals surface area contributed by atoms with E-state index in [0.717, 1.165) is 29.9 Å². The number of para-hydroxylation sites is 1. The number of aromatic nitrogens is 1. The average Bonchev–Trinajstić information content (AvgIpc) is 2.98. The minimum Gasteiger partial charge on any atom is -0.355 e. The molecule has 1 fully saturated rings. The van der Waals surface area contributed by atoms with Gasteiger partial charge in [-0.3, -0.25) is 9.69 Å². The highest BCUT2D eigenvalue weighted by Crippen LogP contribution is 2.21. The first kappa shape index (κ1) is 16.4. The lowest BCUT2D eigenvalue weighted by atomic mass is 10.0. The molecule has 1 aromatic heterocycles. The Morgan fingerprint density at radius 1 is 1.39 bits per heavy atom. The average molecular weight is 331 g/mol. The molecule has 0 aliphatic carbocycles. The summed E-state index contributed by atoms with van der Waals surface area (Å²) >= 11 is 1.72. The van der Waals surface area contributed by atoms with Crippen molar-refractivity contribution in [3.8, 4) is 0 Å². The Labute approximate surface area is 141 Å². The third-order valence-corrected chi connectivity index (χ3v) is 5.66. The summed E-state index contributed by atoms with van der Waals surface area (Å²) < 4.78 is 1.22. The normalized spacial score (nSPS) is 19.1. The van der Waals surface area contributed by atoms with Gasteiger partial charge in [-0.25, -0.2) is 4.98 Å². The molecule has 0 spiro atoms. The molecule has 4 nitrogen and oxygen atoms in total. The van der Waals surface area contributed by atoms with E-state index in [2.05, 4.69) is 28.2 Å². The van der Waals surface area contributed by atoms with Crippen LogP contribution in [0, 0.1) is 0 Å². The van der Waals surface area contributed by atoms with Crippen molar-refractivity contribution in [2.45, 2.75) is 45.1 Å². The van der Waals surface area contributed by atoms with Gasteiger partial charge in [0.05, 0.1) is 21.8 Å². The zero-order valence-corrected chi connectivity index (χ0v) is 14.6. The number of nitrogens with one attached hydrogen (secondary N) is 1.